The maximum atomic E-state index is 12.8. The van der Waals surface area contributed by atoms with E-state index in [0.717, 1.165) is 0 Å². The summed E-state index contributed by atoms with van der Waals surface area (Å²) < 4.78 is 61.3. The fourth-order valence-electron chi connectivity index (χ4n) is 2.39. The highest BCUT2D eigenvalue weighted by Crippen LogP contribution is 2.25. The molecule has 1 rings (SSSR count). The molecule has 0 aromatic rings. The molecule has 0 bridgehead atoms. The first-order valence-corrected chi connectivity index (χ1v) is 9.97. The van der Waals surface area contributed by atoms with E-state index < -0.39 is 22.1 Å². The Morgan fingerprint density at radius 1 is 1.21 bits per heavy atom. The Kier molecular flexibility index (Phi) is 7.78. The second-order valence-electron chi connectivity index (χ2n) is 5.71. The molecule has 6 nitrogen and oxygen atoms in total. The lowest BCUT2D eigenvalue weighted by Gasteiger charge is -2.39. The van der Waals surface area contributed by atoms with Crippen molar-refractivity contribution in [3.8, 4) is 0 Å². The predicted octanol–water partition coefficient (Wildman–Crippen LogP) is 0.955. The van der Waals surface area contributed by atoms with Crippen LogP contribution in [0.15, 0.2) is 4.99 Å². The Bertz CT molecular complexity index is 515. The second-order valence-corrected chi connectivity index (χ2v) is 8.19. The Morgan fingerprint density at radius 3 is 2.25 bits per heavy atom. The molecule has 0 amide bonds. The van der Waals surface area contributed by atoms with E-state index in [1.165, 1.54) is 11.8 Å². The third-order valence-electron chi connectivity index (χ3n) is 4.07. The van der Waals surface area contributed by atoms with Crippen LogP contribution in [0.3, 0.4) is 0 Å². The van der Waals surface area contributed by atoms with Crippen LogP contribution in [-0.2, 0) is 9.84 Å². The number of nitrogens with one attached hydrogen (secondary N) is 1. The number of nitrogens with zero attached hydrogens (tertiary/aromatic N) is 3. The Morgan fingerprint density at radius 2 is 1.79 bits per heavy atom. The molecule has 1 aliphatic rings. The summed E-state index contributed by atoms with van der Waals surface area (Å²) >= 11 is 0. The Balaban J connectivity index is 2.62. The molecule has 142 valence electrons. The van der Waals surface area contributed by atoms with Gasteiger partial charge in [-0.2, -0.15) is 13.2 Å². The van der Waals surface area contributed by atoms with Gasteiger partial charge in [0.1, 0.15) is 6.04 Å². The van der Waals surface area contributed by atoms with E-state index in [0.29, 0.717) is 38.7 Å². The van der Waals surface area contributed by atoms with Gasteiger partial charge in [-0.05, 0) is 13.8 Å². The molecule has 1 fully saturated rings. The number of alkyl halides is 3. The molecule has 1 heterocycles. The van der Waals surface area contributed by atoms with Crippen molar-refractivity contribution < 1.29 is 21.6 Å². The van der Waals surface area contributed by atoms with Crippen LogP contribution in [0.1, 0.15) is 20.8 Å². The van der Waals surface area contributed by atoms with Gasteiger partial charge in [0.05, 0.1) is 12.3 Å². The molecule has 0 aliphatic carbocycles. The number of hydrogen-bond acceptors (Lipinski definition) is 4. The normalized spacial score (nSPS) is 19.4. The molecular formula is C14H27F3N4O2S. The van der Waals surface area contributed by atoms with Crippen molar-refractivity contribution in [2.75, 3.05) is 50.8 Å². The van der Waals surface area contributed by atoms with E-state index in [9.17, 15) is 21.6 Å². The molecule has 10 heteroatoms. The van der Waals surface area contributed by atoms with Gasteiger partial charge in [0.2, 0.25) is 0 Å². The van der Waals surface area contributed by atoms with Gasteiger partial charge in [0, 0.05) is 38.5 Å². The number of piperazine rings is 1. The van der Waals surface area contributed by atoms with E-state index in [4.69, 9.17) is 0 Å². The summed E-state index contributed by atoms with van der Waals surface area (Å²) in [6, 6.07) is -1.46. The summed E-state index contributed by atoms with van der Waals surface area (Å²) in [5.74, 6) is 0.611. The van der Waals surface area contributed by atoms with Crippen molar-refractivity contribution in [2.24, 2.45) is 4.99 Å². The zero-order valence-electron chi connectivity index (χ0n) is 14.4. The molecule has 1 aliphatic heterocycles. The smallest absolute Gasteiger partial charge is 0.357 e. The minimum absolute atomic E-state index is 0.0243. The second kappa shape index (κ2) is 8.89. The van der Waals surface area contributed by atoms with Crippen molar-refractivity contribution in [3.63, 3.8) is 0 Å². The lowest BCUT2D eigenvalue weighted by molar-refractivity contribution is -0.181. The summed E-state index contributed by atoms with van der Waals surface area (Å²) in [5, 5.41) is 3.07. The third kappa shape index (κ3) is 6.46. The van der Waals surface area contributed by atoms with Crippen LogP contribution in [0.2, 0.25) is 0 Å². The van der Waals surface area contributed by atoms with Gasteiger partial charge in [-0.1, -0.05) is 6.92 Å². The van der Waals surface area contributed by atoms with Crippen molar-refractivity contribution in [2.45, 2.75) is 33.0 Å². The molecule has 24 heavy (non-hydrogen) atoms. The Labute approximate surface area is 142 Å². The number of aliphatic imine (C=N–C) groups is 1. The fraction of sp³-hybridized carbons (Fsp3) is 0.929. The molecule has 0 spiro atoms. The number of guanidine groups is 1. The summed E-state index contributed by atoms with van der Waals surface area (Å²) in [5.41, 5.74) is 0. The first kappa shape index (κ1) is 21.0. The predicted molar refractivity (Wildman–Crippen MR) is 89.0 cm³/mol. The van der Waals surface area contributed by atoms with Gasteiger partial charge < -0.3 is 10.2 Å². The van der Waals surface area contributed by atoms with Gasteiger partial charge in [0.15, 0.2) is 15.8 Å². The quantitative estimate of drug-likeness (QED) is 0.556. The molecule has 1 unspecified atom stereocenters. The highest BCUT2D eigenvalue weighted by molar-refractivity contribution is 7.91. The van der Waals surface area contributed by atoms with E-state index in [2.05, 4.69) is 10.3 Å². The maximum absolute atomic E-state index is 12.8. The molecule has 0 aromatic heterocycles. The number of hydrogen-bond donors (Lipinski definition) is 1. The van der Waals surface area contributed by atoms with Crippen LogP contribution >= 0.6 is 0 Å². The van der Waals surface area contributed by atoms with Crippen LogP contribution < -0.4 is 5.32 Å². The van der Waals surface area contributed by atoms with Crippen LogP contribution in [0.4, 0.5) is 13.2 Å². The van der Waals surface area contributed by atoms with E-state index >= 15 is 0 Å². The lowest BCUT2D eigenvalue weighted by atomic mass is 10.2. The monoisotopic (exact) mass is 372 g/mol. The topological polar surface area (TPSA) is 65.0 Å². The largest absolute Gasteiger partial charge is 0.403 e. The van der Waals surface area contributed by atoms with Gasteiger partial charge in [-0.3, -0.25) is 9.89 Å². The Hall–Kier alpha value is -1.03. The minimum atomic E-state index is -4.23. The number of sulfone groups is 1. The average Bonchev–Trinajstić information content (AvgIpc) is 2.52. The molecule has 0 radical (unpaired) electrons. The lowest BCUT2D eigenvalue weighted by Crippen LogP contribution is -2.56. The first-order valence-electron chi connectivity index (χ1n) is 8.15. The summed E-state index contributed by atoms with van der Waals surface area (Å²) in [6.07, 6.45) is -4.23. The molecular weight excluding hydrogens is 345 g/mol. The standard InChI is InChI=1S/C14H27F3N4O2S/c1-4-18-13(19-6-11-24(22,23)5-2)21-9-7-20(8-10-21)12(3)14(15,16)17/h12H,4-11H2,1-3H3,(H,18,19). The number of rotatable bonds is 6. The third-order valence-corrected chi connectivity index (χ3v) is 5.76. The van der Waals surface area contributed by atoms with Crippen molar-refractivity contribution in [3.05, 3.63) is 0 Å². The van der Waals surface area contributed by atoms with Crippen molar-refractivity contribution in [1.29, 1.82) is 0 Å². The average molecular weight is 372 g/mol. The SMILES string of the molecule is CCNC(=NCCS(=O)(=O)CC)N1CCN(C(C)C(F)(F)F)CC1. The summed E-state index contributed by atoms with van der Waals surface area (Å²) in [6.45, 7) is 6.84. The van der Waals surface area contributed by atoms with Gasteiger partial charge in [-0.25, -0.2) is 8.42 Å². The molecule has 0 saturated carbocycles. The van der Waals surface area contributed by atoms with Gasteiger partial charge >= 0.3 is 6.18 Å². The van der Waals surface area contributed by atoms with Crippen LogP contribution in [0, 0.1) is 0 Å². The van der Waals surface area contributed by atoms with Crippen molar-refractivity contribution >= 4 is 15.8 Å². The highest BCUT2D eigenvalue weighted by atomic mass is 32.2. The van der Waals surface area contributed by atoms with Crippen LogP contribution in [0.25, 0.3) is 0 Å². The highest BCUT2D eigenvalue weighted by Gasteiger charge is 2.41. The fourth-order valence-corrected chi connectivity index (χ4v) is 3.05. The zero-order valence-corrected chi connectivity index (χ0v) is 15.3. The van der Waals surface area contributed by atoms with E-state index in [-0.39, 0.29) is 18.1 Å². The minimum Gasteiger partial charge on any atom is -0.357 e. The van der Waals surface area contributed by atoms with Crippen LogP contribution in [-0.4, -0.2) is 87.2 Å². The van der Waals surface area contributed by atoms with Crippen molar-refractivity contribution in [1.82, 2.24) is 15.1 Å². The maximum Gasteiger partial charge on any atom is 0.403 e. The van der Waals surface area contributed by atoms with Gasteiger partial charge in [0.25, 0.3) is 0 Å². The van der Waals surface area contributed by atoms with E-state index in [1.54, 1.807) is 6.92 Å². The summed E-state index contributed by atoms with van der Waals surface area (Å²) in [4.78, 5) is 7.58. The zero-order chi connectivity index (χ0) is 18.4. The number of halogens is 3. The molecule has 1 atom stereocenters. The van der Waals surface area contributed by atoms with Gasteiger partial charge in [-0.15, -0.1) is 0 Å². The molecule has 1 saturated heterocycles. The first-order chi connectivity index (χ1) is 11.1. The summed E-state index contributed by atoms with van der Waals surface area (Å²) in [7, 11) is -3.08. The molecule has 0 aromatic carbocycles. The van der Waals surface area contributed by atoms with E-state index in [1.807, 2.05) is 11.8 Å². The molecule has 1 N–H and O–H groups in total. The van der Waals surface area contributed by atoms with Crippen LogP contribution in [0.5, 0.6) is 0 Å².